The summed E-state index contributed by atoms with van der Waals surface area (Å²) in [5.74, 6) is -2.27. The van der Waals surface area contributed by atoms with Gasteiger partial charge in [0.15, 0.2) is 12.4 Å². The van der Waals surface area contributed by atoms with Crippen LogP contribution in [0.25, 0.3) is 0 Å². The summed E-state index contributed by atoms with van der Waals surface area (Å²) in [6, 6.07) is 0. The molecule has 0 aromatic heterocycles. The lowest BCUT2D eigenvalue weighted by molar-refractivity contribution is -0.870. The van der Waals surface area contributed by atoms with Gasteiger partial charge in [0.2, 0.25) is 0 Å². The van der Waals surface area contributed by atoms with E-state index < -0.39 is 24.3 Å². The largest absolute Gasteiger partial charge is 0.545 e. The number of quaternary nitrogens is 1. The van der Waals surface area contributed by atoms with E-state index in [4.69, 9.17) is 18.9 Å². The van der Waals surface area contributed by atoms with Crippen LogP contribution in [0.2, 0.25) is 0 Å². The fourth-order valence-corrected chi connectivity index (χ4v) is 9.74. The number of ether oxygens (including phenoxy) is 4. The lowest BCUT2D eigenvalue weighted by atomic mass is 10.0. The zero-order valence-electron chi connectivity index (χ0n) is 53.7. The van der Waals surface area contributed by atoms with Crippen LogP contribution in [0.4, 0.5) is 0 Å². The van der Waals surface area contributed by atoms with Gasteiger partial charge in [0.25, 0.3) is 0 Å². The molecule has 2 atom stereocenters. The third-order valence-corrected chi connectivity index (χ3v) is 14.9. The third-order valence-electron chi connectivity index (χ3n) is 14.9. The Morgan fingerprint density at radius 2 is 0.704 bits per heavy atom. The van der Waals surface area contributed by atoms with Gasteiger partial charge in [0.1, 0.15) is 13.2 Å². The van der Waals surface area contributed by atoms with Gasteiger partial charge in [-0.05, 0) is 83.5 Å². The van der Waals surface area contributed by atoms with E-state index in [-0.39, 0.29) is 32.2 Å². The molecule has 0 aromatic carbocycles. The molecule has 0 saturated carbocycles. The molecular weight excluding hydrogens is 1010 g/mol. The summed E-state index contributed by atoms with van der Waals surface area (Å²) in [5, 5.41) is 11.8. The molecule has 0 amide bonds. The first kappa shape index (κ1) is 77.7. The fourth-order valence-electron chi connectivity index (χ4n) is 9.74. The molecule has 0 aliphatic rings. The molecule has 0 heterocycles. The van der Waals surface area contributed by atoms with E-state index in [9.17, 15) is 19.5 Å². The normalized spacial score (nSPS) is 13.1. The highest BCUT2D eigenvalue weighted by molar-refractivity contribution is 5.70. The molecule has 0 rings (SSSR count). The van der Waals surface area contributed by atoms with Crippen molar-refractivity contribution >= 4 is 17.9 Å². The van der Waals surface area contributed by atoms with E-state index in [1.807, 2.05) is 21.1 Å². The van der Waals surface area contributed by atoms with E-state index in [1.54, 1.807) is 0 Å². The van der Waals surface area contributed by atoms with Crippen LogP contribution >= 0.6 is 0 Å². The van der Waals surface area contributed by atoms with Crippen molar-refractivity contribution in [3.63, 3.8) is 0 Å². The van der Waals surface area contributed by atoms with Crippen molar-refractivity contribution in [2.24, 2.45) is 0 Å². The summed E-state index contributed by atoms with van der Waals surface area (Å²) in [4.78, 5) is 37.5. The van der Waals surface area contributed by atoms with Gasteiger partial charge in [-0.1, -0.05) is 286 Å². The molecule has 0 radical (unpaired) electrons. The fraction of sp³-hybridized carbons (Fsp3) is 0.792. The van der Waals surface area contributed by atoms with Gasteiger partial charge in [0.05, 0.1) is 40.3 Å². The molecule has 0 saturated heterocycles. The minimum atomic E-state index is -1.62. The molecule has 81 heavy (non-hydrogen) atoms. The van der Waals surface area contributed by atoms with Gasteiger partial charge in [-0.25, -0.2) is 0 Å². The molecule has 9 nitrogen and oxygen atoms in total. The lowest BCUT2D eigenvalue weighted by Gasteiger charge is -2.26. The number of carboxylic acids is 1. The predicted octanol–water partition coefficient (Wildman–Crippen LogP) is 19.6. The van der Waals surface area contributed by atoms with Crippen molar-refractivity contribution in [3.05, 3.63) is 72.9 Å². The summed E-state index contributed by atoms with van der Waals surface area (Å²) < 4.78 is 22.8. The Morgan fingerprint density at radius 1 is 0.383 bits per heavy atom. The van der Waals surface area contributed by atoms with Gasteiger partial charge in [0, 0.05) is 12.8 Å². The number of carbonyl (C=O) groups is 3. The second-order valence-electron chi connectivity index (χ2n) is 24.1. The summed E-state index contributed by atoms with van der Waals surface area (Å²) in [6.07, 6.45) is 79.7. The maximum atomic E-state index is 12.9. The van der Waals surface area contributed by atoms with Crippen molar-refractivity contribution < 1.29 is 42.9 Å². The van der Waals surface area contributed by atoms with E-state index in [0.717, 1.165) is 70.6 Å². The molecule has 470 valence electrons. The Morgan fingerprint density at radius 3 is 1.06 bits per heavy atom. The first-order valence-corrected chi connectivity index (χ1v) is 34.1. The van der Waals surface area contributed by atoms with Crippen molar-refractivity contribution in [3.8, 4) is 0 Å². The molecule has 0 N–H and O–H groups in total. The minimum absolute atomic E-state index is 0.147. The van der Waals surface area contributed by atoms with Crippen LogP contribution in [0, 0.1) is 0 Å². The van der Waals surface area contributed by atoms with Gasteiger partial charge in [-0.3, -0.25) is 9.59 Å². The highest BCUT2D eigenvalue weighted by Crippen LogP contribution is 2.17. The number of likely N-dealkylation sites (N-methyl/N-ethyl adjacent to an activating group) is 1. The van der Waals surface area contributed by atoms with Crippen LogP contribution in [0.1, 0.15) is 309 Å². The number of hydrogen-bond donors (Lipinski definition) is 0. The molecule has 2 unspecified atom stereocenters. The van der Waals surface area contributed by atoms with Crippen LogP contribution in [0.5, 0.6) is 0 Å². The number of carboxylic acid groups (broad SMARTS) is 1. The second-order valence-corrected chi connectivity index (χ2v) is 24.1. The number of aliphatic carboxylic acids is 1. The number of esters is 2. The second kappa shape index (κ2) is 62.8. The zero-order valence-corrected chi connectivity index (χ0v) is 53.7. The van der Waals surface area contributed by atoms with Crippen LogP contribution in [0.15, 0.2) is 72.9 Å². The number of hydrogen-bond acceptors (Lipinski definition) is 8. The van der Waals surface area contributed by atoms with Crippen LogP contribution in [-0.2, 0) is 33.3 Å². The molecule has 0 aromatic rings. The van der Waals surface area contributed by atoms with Crippen LogP contribution < -0.4 is 5.11 Å². The quantitative estimate of drug-likeness (QED) is 0.0195. The van der Waals surface area contributed by atoms with Gasteiger partial charge >= 0.3 is 11.9 Å². The standard InChI is InChI=1S/C72H129NO8/c1-6-8-10-12-14-16-18-20-22-24-26-28-30-32-34-35-37-39-41-43-45-47-49-51-53-55-57-59-61-63-70(75)81-68(67-80-72(71(76)77)78-65-64-73(3,4)5)66-79-69(74)62-60-58-56-54-52-50-48-46-44-42-40-38-36-33-31-29-27-25-23-21-19-17-15-13-11-9-7-2/h8,10,14,16,20,22,25-28,32,34,68,72H,6-7,9,11-13,15,17-19,21,23-24,29-31,33,35-67H2,1-5H3/b10-8-,16-14-,22-20-,27-25-,28-26-,34-32-. The van der Waals surface area contributed by atoms with E-state index in [0.29, 0.717) is 23.9 Å². The maximum Gasteiger partial charge on any atom is 0.306 e. The average molecular weight is 1140 g/mol. The topological polar surface area (TPSA) is 111 Å². The third kappa shape index (κ3) is 64.1. The summed E-state index contributed by atoms with van der Waals surface area (Å²) >= 11 is 0. The summed E-state index contributed by atoms with van der Waals surface area (Å²) in [7, 11) is 5.93. The van der Waals surface area contributed by atoms with E-state index >= 15 is 0 Å². The van der Waals surface area contributed by atoms with Crippen LogP contribution in [0.3, 0.4) is 0 Å². The number of unbranched alkanes of at least 4 members (excludes halogenated alkanes) is 36. The van der Waals surface area contributed by atoms with Gasteiger partial charge < -0.3 is 33.3 Å². The number of nitrogens with zero attached hydrogens (tertiary/aromatic N) is 1. The molecule has 0 spiro atoms. The Balaban J connectivity index is 4.13. The Bertz CT molecular complexity index is 1560. The minimum Gasteiger partial charge on any atom is -0.545 e. The van der Waals surface area contributed by atoms with Crippen molar-refractivity contribution in [2.75, 3.05) is 47.5 Å². The van der Waals surface area contributed by atoms with E-state index in [1.165, 1.54) is 205 Å². The Kier molecular flexibility index (Phi) is 60.2. The maximum absolute atomic E-state index is 12.9. The number of rotatable bonds is 63. The molecule has 0 bridgehead atoms. The van der Waals surface area contributed by atoms with Crippen molar-refractivity contribution in [1.29, 1.82) is 0 Å². The first-order valence-electron chi connectivity index (χ1n) is 34.1. The summed E-state index contributed by atoms with van der Waals surface area (Å²) in [6.45, 7) is 4.67. The molecule has 0 aliphatic carbocycles. The summed E-state index contributed by atoms with van der Waals surface area (Å²) in [5.41, 5.74) is 0. The predicted molar refractivity (Wildman–Crippen MR) is 343 cm³/mol. The smallest absolute Gasteiger partial charge is 0.306 e. The van der Waals surface area contributed by atoms with Crippen LogP contribution in [-0.4, -0.2) is 82.3 Å². The van der Waals surface area contributed by atoms with E-state index in [2.05, 4.69) is 86.8 Å². The monoisotopic (exact) mass is 1140 g/mol. The average Bonchev–Trinajstić information content (AvgIpc) is 3.44. The molecule has 9 heteroatoms. The zero-order chi connectivity index (χ0) is 59.1. The number of allylic oxidation sites excluding steroid dienone is 12. The van der Waals surface area contributed by atoms with Crippen molar-refractivity contribution in [1.82, 2.24) is 0 Å². The molecule has 0 fully saturated rings. The lowest BCUT2D eigenvalue weighted by Crippen LogP contribution is -2.44. The Labute approximate surface area is 500 Å². The van der Waals surface area contributed by atoms with Gasteiger partial charge in [-0.15, -0.1) is 0 Å². The molecular formula is C72H129NO8. The highest BCUT2D eigenvalue weighted by atomic mass is 16.7. The first-order chi connectivity index (χ1) is 39.6. The van der Waals surface area contributed by atoms with Gasteiger partial charge in [-0.2, -0.15) is 0 Å². The Hall–Kier alpha value is -3.27. The number of carbonyl (C=O) groups excluding carboxylic acids is 3. The molecule has 0 aliphatic heterocycles. The SMILES string of the molecule is CC/C=C\C/C=C\C/C=C\C/C=C\C/C=C\CCCCCCCCCCCCCCCC(=O)OC(COC(=O)CCCCCCCCCCCCCCCCC/C=C\CCCCCCCCCC)COC(OCC[N+](C)(C)C)C(=O)[O-]. The van der Waals surface area contributed by atoms with Crippen molar-refractivity contribution in [2.45, 2.75) is 322 Å². The highest BCUT2D eigenvalue weighted by Gasteiger charge is 2.22.